The Bertz CT molecular complexity index is 640. The van der Waals surface area contributed by atoms with Crippen molar-refractivity contribution in [3.63, 3.8) is 0 Å². The Morgan fingerprint density at radius 3 is 2.57 bits per heavy atom. The fourth-order valence-electron chi connectivity index (χ4n) is 2.50. The normalized spacial score (nSPS) is 15.3. The third-order valence-corrected chi connectivity index (χ3v) is 4.64. The summed E-state index contributed by atoms with van der Waals surface area (Å²) in [6, 6.07) is 4.99. The second kappa shape index (κ2) is 5.91. The number of thiazole rings is 1. The second-order valence-corrected chi connectivity index (χ2v) is 6.01. The third kappa shape index (κ3) is 2.82. The van der Waals surface area contributed by atoms with Crippen molar-refractivity contribution in [1.82, 2.24) is 4.98 Å². The van der Waals surface area contributed by atoms with Crippen molar-refractivity contribution < 1.29 is 9.90 Å². The zero-order valence-electron chi connectivity index (χ0n) is 11.2. The van der Waals surface area contributed by atoms with E-state index in [9.17, 15) is 9.90 Å². The van der Waals surface area contributed by atoms with E-state index in [1.54, 1.807) is 35.7 Å². The average molecular weight is 324 g/mol. The van der Waals surface area contributed by atoms with Gasteiger partial charge in [0, 0.05) is 37.8 Å². The SMILES string of the molecule is O=C(O)c1cccc(Cl)c1N1CCN(c2nccs2)CC1. The van der Waals surface area contributed by atoms with Crippen molar-refractivity contribution in [2.24, 2.45) is 0 Å². The zero-order chi connectivity index (χ0) is 14.8. The Morgan fingerprint density at radius 2 is 1.95 bits per heavy atom. The van der Waals surface area contributed by atoms with Crippen LogP contribution in [0.15, 0.2) is 29.8 Å². The van der Waals surface area contributed by atoms with Gasteiger partial charge in [0.25, 0.3) is 0 Å². The minimum atomic E-state index is -0.949. The summed E-state index contributed by atoms with van der Waals surface area (Å²) in [7, 11) is 0. The molecule has 0 amide bonds. The fourth-order valence-corrected chi connectivity index (χ4v) is 3.49. The highest BCUT2D eigenvalue weighted by Crippen LogP contribution is 2.31. The van der Waals surface area contributed by atoms with E-state index in [2.05, 4.69) is 9.88 Å². The number of piperazine rings is 1. The van der Waals surface area contributed by atoms with Gasteiger partial charge in [-0.3, -0.25) is 0 Å². The predicted octanol–water partition coefficient (Wildman–Crippen LogP) is 2.82. The van der Waals surface area contributed by atoms with E-state index < -0.39 is 5.97 Å². The molecule has 1 aliphatic rings. The summed E-state index contributed by atoms with van der Waals surface area (Å²) in [5.41, 5.74) is 0.871. The van der Waals surface area contributed by atoms with E-state index in [0.717, 1.165) is 31.3 Å². The predicted molar refractivity (Wildman–Crippen MR) is 85.0 cm³/mol. The Labute approximate surface area is 131 Å². The molecule has 0 radical (unpaired) electrons. The van der Waals surface area contributed by atoms with Crippen LogP contribution >= 0.6 is 22.9 Å². The second-order valence-electron chi connectivity index (χ2n) is 4.73. The highest BCUT2D eigenvalue weighted by atomic mass is 35.5. The first-order valence-electron chi connectivity index (χ1n) is 6.58. The molecule has 2 heterocycles. The third-order valence-electron chi connectivity index (χ3n) is 3.50. The molecule has 3 rings (SSSR count). The Hall–Kier alpha value is -1.79. The van der Waals surface area contributed by atoms with Crippen LogP contribution in [0.1, 0.15) is 10.4 Å². The topological polar surface area (TPSA) is 56.7 Å². The van der Waals surface area contributed by atoms with Crippen LogP contribution < -0.4 is 9.80 Å². The first-order valence-corrected chi connectivity index (χ1v) is 7.84. The number of hydrogen-bond donors (Lipinski definition) is 1. The van der Waals surface area contributed by atoms with Gasteiger partial charge in [-0.25, -0.2) is 9.78 Å². The summed E-state index contributed by atoms with van der Waals surface area (Å²) in [5.74, 6) is -0.949. The maximum atomic E-state index is 11.4. The van der Waals surface area contributed by atoms with Crippen molar-refractivity contribution in [2.45, 2.75) is 0 Å². The lowest BCUT2D eigenvalue weighted by atomic mass is 10.1. The van der Waals surface area contributed by atoms with E-state index >= 15 is 0 Å². The van der Waals surface area contributed by atoms with Gasteiger partial charge in [-0.15, -0.1) is 11.3 Å². The van der Waals surface area contributed by atoms with Crippen molar-refractivity contribution >= 4 is 39.7 Å². The van der Waals surface area contributed by atoms with Gasteiger partial charge in [-0.2, -0.15) is 0 Å². The molecule has 1 aromatic carbocycles. The lowest BCUT2D eigenvalue weighted by molar-refractivity contribution is 0.0697. The molecule has 0 saturated carbocycles. The van der Waals surface area contributed by atoms with E-state index in [1.165, 1.54) is 0 Å². The van der Waals surface area contributed by atoms with E-state index in [-0.39, 0.29) is 5.56 Å². The van der Waals surface area contributed by atoms with Gasteiger partial charge < -0.3 is 14.9 Å². The quantitative estimate of drug-likeness (QED) is 0.941. The average Bonchev–Trinajstić information content (AvgIpc) is 3.01. The summed E-state index contributed by atoms with van der Waals surface area (Å²) in [6.45, 7) is 3.06. The minimum absolute atomic E-state index is 0.255. The standard InChI is InChI=1S/C14H14ClN3O2S/c15-11-3-1-2-10(13(19)20)12(11)17-5-7-18(8-6-17)14-16-4-9-21-14/h1-4,9H,5-8H2,(H,19,20). The number of benzene rings is 1. The van der Waals surface area contributed by atoms with Gasteiger partial charge in [0.1, 0.15) is 0 Å². The van der Waals surface area contributed by atoms with Gasteiger partial charge in [0.2, 0.25) is 0 Å². The van der Waals surface area contributed by atoms with Crippen LogP contribution in [0.25, 0.3) is 0 Å². The molecular formula is C14H14ClN3O2S. The summed E-state index contributed by atoms with van der Waals surface area (Å²) >= 11 is 7.83. The van der Waals surface area contributed by atoms with Crippen molar-refractivity contribution in [2.75, 3.05) is 36.0 Å². The molecule has 5 nitrogen and oxygen atoms in total. The number of hydrogen-bond acceptors (Lipinski definition) is 5. The number of carboxylic acid groups (broad SMARTS) is 1. The number of rotatable bonds is 3. The van der Waals surface area contributed by atoms with Gasteiger partial charge in [-0.05, 0) is 12.1 Å². The van der Waals surface area contributed by atoms with Crippen molar-refractivity contribution in [3.05, 3.63) is 40.4 Å². The number of nitrogens with zero attached hydrogens (tertiary/aromatic N) is 3. The van der Waals surface area contributed by atoms with Crippen molar-refractivity contribution in [3.8, 4) is 0 Å². The number of halogens is 1. The Balaban J connectivity index is 1.80. The Kier molecular flexibility index (Phi) is 3.98. The lowest BCUT2D eigenvalue weighted by Gasteiger charge is -2.36. The number of carboxylic acids is 1. The molecule has 0 atom stereocenters. The summed E-state index contributed by atoms with van der Waals surface area (Å²) in [4.78, 5) is 19.9. The maximum Gasteiger partial charge on any atom is 0.337 e. The molecule has 1 N–H and O–H groups in total. The minimum Gasteiger partial charge on any atom is -0.478 e. The van der Waals surface area contributed by atoms with Gasteiger partial charge in [0.05, 0.1) is 16.3 Å². The van der Waals surface area contributed by atoms with Gasteiger partial charge in [0.15, 0.2) is 5.13 Å². The molecule has 1 fully saturated rings. The molecule has 0 aliphatic carbocycles. The number of aromatic nitrogens is 1. The fraction of sp³-hybridized carbons (Fsp3) is 0.286. The van der Waals surface area contributed by atoms with Crippen LogP contribution in [-0.2, 0) is 0 Å². The van der Waals surface area contributed by atoms with Crippen LogP contribution in [0.2, 0.25) is 5.02 Å². The molecule has 110 valence electrons. The lowest BCUT2D eigenvalue weighted by Crippen LogP contribution is -2.47. The smallest absolute Gasteiger partial charge is 0.337 e. The van der Waals surface area contributed by atoms with Gasteiger partial charge in [-0.1, -0.05) is 17.7 Å². The molecule has 1 aliphatic heterocycles. The maximum absolute atomic E-state index is 11.4. The summed E-state index contributed by atoms with van der Waals surface area (Å²) < 4.78 is 0. The summed E-state index contributed by atoms with van der Waals surface area (Å²) in [5, 5.41) is 12.8. The highest BCUT2D eigenvalue weighted by molar-refractivity contribution is 7.13. The molecule has 1 aromatic heterocycles. The molecule has 0 spiro atoms. The van der Waals surface area contributed by atoms with Crippen molar-refractivity contribution in [1.29, 1.82) is 0 Å². The molecule has 21 heavy (non-hydrogen) atoms. The largest absolute Gasteiger partial charge is 0.478 e. The summed E-state index contributed by atoms with van der Waals surface area (Å²) in [6.07, 6.45) is 1.79. The van der Waals surface area contributed by atoms with E-state index in [0.29, 0.717) is 10.7 Å². The van der Waals surface area contributed by atoms with Crippen LogP contribution in [0, 0.1) is 0 Å². The van der Waals surface area contributed by atoms with Crippen LogP contribution in [0.5, 0.6) is 0 Å². The zero-order valence-corrected chi connectivity index (χ0v) is 12.8. The highest BCUT2D eigenvalue weighted by Gasteiger charge is 2.24. The van der Waals surface area contributed by atoms with Crippen LogP contribution in [0.3, 0.4) is 0 Å². The van der Waals surface area contributed by atoms with E-state index in [1.807, 2.05) is 10.3 Å². The number of aromatic carboxylic acids is 1. The number of carbonyl (C=O) groups is 1. The van der Waals surface area contributed by atoms with E-state index in [4.69, 9.17) is 11.6 Å². The molecule has 1 saturated heterocycles. The molecule has 0 unspecified atom stereocenters. The Morgan fingerprint density at radius 1 is 1.24 bits per heavy atom. The molecule has 7 heteroatoms. The molecule has 2 aromatic rings. The van der Waals surface area contributed by atoms with Crippen LogP contribution in [0.4, 0.5) is 10.8 Å². The number of anilines is 2. The van der Waals surface area contributed by atoms with Gasteiger partial charge >= 0.3 is 5.97 Å². The van der Waals surface area contributed by atoms with Crippen LogP contribution in [-0.4, -0.2) is 42.2 Å². The molecular weight excluding hydrogens is 310 g/mol. The first kappa shape index (κ1) is 14.2. The first-order chi connectivity index (χ1) is 10.2. The number of para-hydroxylation sites is 1. The monoisotopic (exact) mass is 323 g/mol. The molecule has 0 bridgehead atoms.